The van der Waals surface area contributed by atoms with Gasteiger partial charge in [0.25, 0.3) is 5.91 Å². The van der Waals surface area contributed by atoms with Gasteiger partial charge in [0.1, 0.15) is 0 Å². The standard InChI is InChI=1S/C13H16N2O.C12H15Br/c1-13(2,3)15-12(16)10-6-4-5-9-7-14-8-11(9)10;13-12-8-6-11(7-9-12)10-4-2-1-3-5-10/h4-7H,8H2,1-3H3,(H,15,16);6-10H,1-5H2. The highest BCUT2D eigenvalue weighted by Crippen LogP contribution is 2.32. The molecule has 0 bridgehead atoms. The van der Waals surface area contributed by atoms with E-state index in [-0.39, 0.29) is 11.4 Å². The quantitative estimate of drug-likeness (QED) is 0.542. The Labute approximate surface area is 183 Å². The van der Waals surface area contributed by atoms with Crippen LogP contribution in [0.25, 0.3) is 0 Å². The van der Waals surface area contributed by atoms with Crippen LogP contribution in [0.3, 0.4) is 0 Å². The molecule has 2 aromatic carbocycles. The number of hydrogen-bond donors (Lipinski definition) is 1. The number of carbonyl (C=O) groups is 1. The third-order valence-electron chi connectivity index (χ3n) is 5.37. The minimum absolute atomic E-state index is 0.0187. The van der Waals surface area contributed by atoms with Crippen molar-refractivity contribution in [1.82, 2.24) is 5.32 Å². The molecule has 0 radical (unpaired) electrons. The zero-order chi connectivity index (χ0) is 20.9. The molecule has 4 rings (SSSR count). The molecule has 1 aliphatic carbocycles. The van der Waals surface area contributed by atoms with E-state index in [1.165, 1.54) is 42.1 Å². The van der Waals surface area contributed by atoms with Gasteiger partial charge < -0.3 is 5.32 Å². The van der Waals surface area contributed by atoms with E-state index in [2.05, 4.69) is 50.5 Å². The van der Waals surface area contributed by atoms with Crippen LogP contribution >= 0.6 is 15.9 Å². The second-order valence-corrected chi connectivity index (χ2v) is 9.85. The molecule has 0 unspecified atom stereocenters. The van der Waals surface area contributed by atoms with Gasteiger partial charge in [-0.15, -0.1) is 0 Å². The average Bonchev–Trinajstić information content (AvgIpc) is 3.17. The summed E-state index contributed by atoms with van der Waals surface area (Å²) in [5.74, 6) is 0.816. The van der Waals surface area contributed by atoms with Crippen LogP contribution in [0, 0.1) is 0 Å². The summed E-state index contributed by atoms with van der Waals surface area (Å²) >= 11 is 3.47. The molecular formula is C25H31BrN2O. The molecule has 0 aromatic heterocycles. The summed E-state index contributed by atoms with van der Waals surface area (Å²) in [7, 11) is 0. The summed E-state index contributed by atoms with van der Waals surface area (Å²) in [6.45, 7) is 6.54. The van der Waals surface area contributed by atoms with E-state index in [0.29, 0.717) is 6.54 Å². The number of nitrogens with one attached hydrogen (secondary N) is 1. The van der Waals surface area contributed by atoms with E-state index >= 15 is 0 Å². The molecule has 2 aliphatic rings. The Bertz CT molecular complexity index is 859. The van der Waals surface area contributed by atoms with Gasteiger partial charge in [0.05, 0.1) is 6.54 Å². The van der Waals surface area contributed by atoms with Gasteiger partial charge in [-0.25, -0.2) is 0 Å². The normalized spacial score (nSPS) is 16.0. The number of hydrogen-bond acceptors (Lipinski definition) is 2. The Hall–Kier alpha value is -1.94. The number of halogens is 1. The summed E-state index contributed by atoms with van der Waals surface area (Å²) < 4.78 is 1.19. The van der Waals surface area contributed by atoms with E-state index in [4.69, 9.17) is 0 Å². The predicted molar refractivity (Wildman–Crippen MR) is 125 cm³/mol. The van der Waals surface area contributed by atoms with Gasteiger partial charge in [-0.1, -0.05) is 59.5 Å². The average molecular weight is 455 g/mol. The van der Waals surface area contributed by atoms with E-state index < -0.39 is 0 Å². The van der Waals surface area contributed by atoms with Crippen molar-refractivity contribution in [2.24, 2.45) is 4.99 Å². The lowest BCUT2D eigenvalue weighted by Crippen LogP contribution is -2.40. The molecule has 1 aliphatic heterocycles. The minimum Gasteiger partial charge on any atom is -0.347 e. The van der Waals surface area contributed by atoms with Crippen molar-refractivity contribution < 1.29 is 4.79 Å². The van der Waals surface area contributed by atoms with Crippen LogP contribution in [0.4, 0.5) is 0 Å². The third kappa shape index (κ3) is 6.27. The summed E-state index contributed by atoms with van der Waals surface area (Å²) in [4.78, 5) is 16.2. The van der Waals surface area contributed by atoms with Gasteiger partial charge in [0.15, 0.2) is 0 Å². The molecule has 1 saturated carbocycles. The summed E-state index contributed by atoms with van der Waals surface area (Å²) in [5.41, 5.74) is 4.15. The van der Waals surface area contributed by atoms with Crippen LogP contribution in [0.5, 0.6) is 0 Å². The Morgan fingerprint density at radius 2 is 1.72 bits per heavy atom. The maximum Gasteiger partial charge on any atom is 0.252 e. The second kappa shape index (κ2) is 9.71. The second-order valence-electron chi connectivity index (χ2n) is 8.93. The first-order valence-electron chi connectivity index (χ1n) is 10.5. The fraction of sp³-hybridized carbons (Fsp3) is 0.440. The molecule has 1 fully saturated rings. The van der Waals surface area contributed by atoms with Crippen molar-refractivity contribution in [2.75, 3.05) is 0 Å². The fourth-order valence-electron chi connectivity index (χ4n) is 3.93. The minimum atomic E-state index is -0.209. The smallest absolute Gasteiger partial charge is 0.252 e. The van der Waals surface area contributed by atoms with Crippen molar-refractivity contribution in [2.45, 2.75) is 70.9 Å². The number of fused-ring (bicyclic) bond motifs is 1. The van der Waals surface area contributed by atoms with Gasteiger partial charge in [-0.3, -0.25) is 9.79 Å². The van der Waals surface area contributed by atoms with Crippen molar-refractivity contribution in [3.8, 4) is 0 Å². The van der Waals surface area contributed by atoms with Gasteiger partial charge in [0, 0.05) is 21.8 Å². The zero-order valence-electron chi connectivity index (χ0n) is 17.7. The van der Waals surface area contributed by atoms with Crippen LogP contribution in [0.2, 0.25) is 0 Å². The molecule has 4 heteroatoms. The van der Waals surface area contributed by atoms with E-state index in [0.717, 1.165) is 22.6 Å². The van der Waals surface area contributed by atoms with Crippen molar-refractivity contribution in [1.29, 1.82) is 0 Å². The molecule has 1 amide bonds. The highest BCUT2D eigenvalue weighted by molar-refractivity contribution is 9.10. The monoisotopic (exact) mass is 454 g/mol. The van der Waals surface area contributed by atoms with Gasteiger partial charge in [0.2, 0.25) is 0 Å². The Morgan fingerprint density at radius 1 is 1.03 bits per heavy atom. The van der Waals surface area contributed by atoms with E-state index in [1.807, 2.05) is 45.2 Å². The topological polar surface area (TPSA) is 41.5 Å². The lowest BCUT2D eigenvalue weighted by Gasteiger charge is -2.21. The molecule has 29 heavy (non-hydrogen) atoms. The Kier molecular flexibility index (Phi) is 7.28. The predicted octanol–water partition coefficient (Wildman–Crippen LogP) is 6.64. The molecule has 0 saturated heterocycles. The Morgan fingerprint density at radius 3 is 2.38 bits per heavy atom. The SMILES string of the molecule is Brc1ccc(C2CCCCC2)cc1.CC(C)(C)NC(=O)c1cccc2c1CN=C2. The maximum atomic E-state index is 12.1. The highest BCUT2D eigenvalue weighted by Gasteiger charge is 2.20. The van der Waals surface area contributed by atoms with Gasteiger partial charge >= 0.3 is 0 Å². The number of rotatable bonds is 2. The largest absolute Gasteiger partial charge is 0.347 e. The molecule has 1 heterocycles. The molecule has 0 spiro atoms. The number of aliphatic imine (C=N–C) groups is 1. The maximum absolute atomic E-state index is 12.1. The summed E-state index contributed by atoms with van der Waals surface area (Å²) in [6.07, 6.45) is 8.88. The molecule has 154 valence electrons. The molecule has 3 nitrogen and oxygen atoms in total. The first-order chi connectivity index (χ1) is 13.8. The van der Waals surface area contributed by atoms with Crippen molar-refractivity contribution in [3.05, 3.63) is 69.2 Å². The molecular weight excluding hydrogens is 424 g/mol. The summed E-state index contributed by atoms with van der Waals surface area (Å²) in [6, 6.07) is 14.6. The van der Waals surface area contributed by atoms with Crippen LogP contribution in [0.1, 0.15) is 85.8 Å². The van der Waals surface area contributed by atoms with Crippen molar-refractivity contribution >= 4 is 28.1 Å². The highest BCUT2D eigenvalue weighted by atomic mass is 79.9. The molecule has 1 N–H and O–H groups in total. The summed E-state index contributed by atoms with van der Waals surface area (Å²) in [5, 5.41) is 2.97. The number of carbonyl (C=O) groups excluding carboxylic acids is 1. The van der Waals surface area contributed by atoms with Gasteiger partial charge in [-0.05, 0) is 74.4 Å². The van der Waals surface area contributed by atoms with E-state index in [1.54, 1.807) is 0 Å². The molecule has 0 atom stereocenters. The zero-order valence-corrected chi connectivity index (χ0v) is 19.3. The van der Waals surface area contributed by atoms with E-state index in [9.17, 15) is 4.79 Å². The first kappa shape index (κ1) is 21.8. The lowest BCUT2D eigenvalue weighted by atomic mass is 9.84. The number of amides is 1. The Balaban J connectivity index is 0.000000169. The van der Waals surface area contributed by atoms with Crippen LogP contribution < -0.4 is 5.32 Å². The number of benzene rings is 2. The molecule has 2 aromatic rings. The first-order valence-corrected chi connectivity index (χ1v) is 11.3. The van der Waals surface area contributed by atoms with Gasteiger partial charge in [-0.2, -0.15) is 0 Å². The van der Waals surface area contributed by atoms with Crippen LogP contribution in [-0.2, 0) is 6.54 Å². The fourth-order valence-corrected chi connectivity index (χ4v) is 4.19. The van der Waals surface area contributed by atoms with Crippen LogP contribution in [0.15, 0.2) is 51.9 Å². The van der Waals surface area contributed by atoms with Crippen LogP contribution in [-0.4, -0.2) is 17.7 Å². The third-order valence-corrected chi connectivity index (χ3v) is 5.90. The lowest BCUT2D eigenvalue weighted by molar-refractivity contribution is 0.0918. The van der Waals surface area contributed by atoms with Crippen molar-refractivity contribution in [3.63, 3.8) is 0 Å². The number of nitrogens with zero attached hydrogens (tertiary/aromatic N) is 1.